The van der Waals surface area contributed by atoms with Crippen molar-refractivity contribution in [3.63, 3.8) is 0 Å². The summed E-state index contributed by atoms with van der Waals surface area (Å²) in [6, 6.07) is -7.51. The van der Waals surface area contributed by atoms with Gasteiger partial charge in [0.05, 0.1) is 20.3 Å². The molecule has 0 heterocycles. The highest BCUT2D eigenvalue weighted by atomic mass is 31.2. The first kappa shape index (κ1) is 16.0. The third kappa shape index (κ3) is 13.5. The average molecular weight is 485 g/mol. The van der Waals surface area contributed by atoms with Gasteiger partial charge in [-0.05, 0) is 30.6 Å². The Morgan fingerprint density at radius 2 is 0.970 bits per heavy atom. The molecule has 0 atom stereocenters. The van der Waals surface area contributed by atoms with Crippen molar-refractivity contribution in [1.82, 2.24) is 0 Å². The Morgan fingerprint density at radius 3 is 1.36 bits per heavy atom. The number of benzene rings is 2. The highest BCUT2D eigenvalue weighted by Crippen LogP contribution is 2.49. The van der Waals surface area contributed by atoms with Gasteiger partial charge in [0.25, 0.3) is 0 Å². The molecule has 0 bridgehead atoms. The molecule has 5 heteroatoms. The Kier molecular flexibility index (Phi) is 8.57. The number of phosphoric ester groups is 1. The normalized spacial score (nSPS) is 15.7. The van der Waals surface area contributed by atoms with Crippen LogP contribution in [0.4, 0.5) is 0 Å². The van der Waals surface area contributed by atoms with Crippen LogP contribution in [-0.2, 0) is 9.09 Å². The zero-order valence-corrected chi connectivity index (χ0v) is 20.6. The molecule has 0 spiro atoms. The fourth-order valence-electron chi connectivity index (χ4n) is 3.34. The fraction of sp³-hybridized carbons (Fsp3) is 0.571. The number of phosphoric acid groups is 1. The van der Waals surface area contributed by atoms with Gasteiger partial charge in [-0.1, -0.05) is 127 Å². The van der Waals surface area contributed by atoms with Crippen LogP contribution in [-0.4, -0.2) is 6.61 Å². The van der Waals surface area contributed by atoms with E-state index in [1.807, 2.05) is 0 Å². The summed E-state index contributed by atoms with van der Waals surface area (Å²) in [4.78, 5) is 0. The van der Waals surface area contributed by atoms with Gasteiger partial charge in [-0.2, -0.15) is 0 Å². The zero-order chi connectivity index (χ0) is 32.2. The molecular formula is C28H43O4P. The molecule has 0 unspecified atom stereocenters. The second-order valence-electron chi connectivity index (χ2n) is 7.97. The minimum absolute atomic E-state index is 0.160. The van der Waals surface area contributed by atoms with Crippen LogP contribution in [0.1, 0.15) is 111 Å². The lowest BCUT2D eigenvalue weighted by molar-refractivity contribution is 0.205. The quantitative estimate of drug-likeness (QED) is 0.139. The molecule has 2 aromatic carbocycles. The highest BCUT2D eigenvalue weighted by molar-refractivity contribution is 7.49. The summed E-state index contributed by atoms with van der Waals surface area (Å²) in [6.07, 6.45) is 15.7. The monoisotopic (exact) mass is 484 g/mol. The zero-order valence-electron chi connectivity index (χ0n) is 29.7. The maximum Gasteiger partial charge on any atom is 0.587 e. The highest BCUT2D eigenvalue weighted by Gasteiger charge is 2.30. The molecule has 4 nitrogen and oxygen atoms in total. The van der Waals surface area contributed by atoms with Crippen molar-refractivity contribution in [1.29, 1.82) is 0 Å². The molecule has 0 N–H and O–H groups in total. The van der Waals surface area contributed by atoms with Crippen LogP contribution in [0.5, 0.6) is 11.5 Å². The van der Waals surface area contributed by atoms with Gasteiger partial charge in [-0.15, -0.1) is 0 Å². The second-order valence-corrected chi connectivity index (χ2v) is 9.49. The standard InChI is InChI=1S/C28H43O4P/c1-2-3-4-5-6-7-8-9-10-11-12-13-14-21-26-30-33(29,31-27-22-17-15-18-23-27)32-28-24-19-16-20-25-28/h15-20,22-25H,2-14,21,26H2,1H3/i15D,16D,17D,18D,19D,20D,22D,23D,24D,25D. The van der Waals surface area contributed by atoms with Crippen molar-refractivity contribution < 1.29 is 31.8 Å². The lowest BCUT2D eigenvalue weighted by Crippen LogP contribution is -2.06. The Morgan fingerprint density at radius 1 is 0.606 bits per heavy atom. The summed E-state index contributed by atoms with van der Waals surface area (Å²) in [5.41, 5.74) is 0. The van der Waals surface area contributed by atoms with Gasteiger partial charge in [0.15, 0.2) is 0 Å². The fourth-order valence-corrected chi connectivity index (χ4v) is 4.46. The van der Waals surface area contributed by atoms with E-state index in [2.05, 4.69) is 6.92 Å². The smallest absolute Gasteiger partial charge is 0.395 e. The maximum atomic E-state index is 13.8. The molecule has 2 rings (SSSR count). The second kappa shape index (κ2) is 17.7. The molecule has 0 amide bonds. The number of hydrogen-bond acceptors (Lipinski definition) is 4. The Labute approximate surface area is 215 Å². The lowest BCUT2D eigenvalue weighted by atomic mass is 10.0. The Hall–Kier alpha value is -1.77. The SMILES string of the molecule is [2H]c1c([2H])c([2H])c(OP(=O)(OCCCCCCCCCCCCCCCC)Oc2c([2H])c([2H])c([2H])c([2H])c2[2H])c([2H])c1[2H]. The van der Waals surface area contributed by atoms with Crippen LogP contribution >= 0.6 is 7.82 Å². The largest absolute Gasteiger partial charge is 0.587 e. The van der Waals surface area contributed by atoms with Crippen molar-refractivity contribution >= 4 is 7.82 Å². The topological polar surface area (TPSA) is 44.8 Å². The van der Waals surface area contributed by atoms with Gasteiger partial charge in [0.1, 0.15) is 11.5 Å². The van der Waals surface area contributed by atoms with Crippen molar-refractivity contribution in [2.75, 3.05) is 6.61 Å². The third-order valence-electron chi connectivity index (χ3n) is 5.11. The summed E-state index contributed by atoms with van der Waals surface area (Å²) >= 11 is 0. The molecule has 0 aliphatic heterocycles. The predicted octanol–water partition coefficient (Wildman–Crippen LogP) is 9.75. The molecule has 0 aromatic heterocycles. The van der Waals surface area contributed by atoms with Crippen molar-refractivity contribution in [2.45, 2.75) is 96.8 Å². The van der Waals surface area contributed by atoms with E-state index in [1.54, 1.807) is 0 Å². The molecule has 2 aromatic rings. The molecular weight excluding hydrogens is 431 g/mol. The van der Waals surface area contributed by atoms with Crippen LogP contribution in [0.2, 0.25) is 0 Å². The van der Waals surface area contributed by atoms with Gasteiger partial charge >= 0.3 is 7.82 Å². The average Bonchev–Trinajstić information content (AvgIpc) is 2.99. The minimum Gasteiger partial charge on any atom is -0.395 e. The van der Waals surface area contributed by atoms with Crippen molar-refractivity contribution in [2.24, 2.45) is 0 Å². The van der Waals surface area contributed by atoms with Crippen LogP contribution in [0.15, 0.2) is 60.4 Å². The van der Waals surface area contributed by atoms with Gasteiger partial charge in [-0.3, -0.25) is 4.52 Å². The molecule has 0 saturated carbocycles. The summed E-state index contributed by atoms with van der Waals surface area (Å²) < 4.78 is 109. The molecule has 0 radical (unpaired) electrons. The summed E-state index contributed by atoms with van der Waals surface area (Å²) in [5, 5.41) is 0. The lowest BCUT2D eigenvalue weighted by Gasteiger charge is -2.19. The van der Waals surface area contributed by atoms with E-state index in [9.17, 15) is 4.57 Å². The van der Waals surface area contributed by atoms with Gasteiger partial charge in [-0.25, -0.2) is 4.57 Å². The van der Waals surface area contributed by atoms with Crippen LogP contribution in [0.3, 0.4) is 0 Å². The van der Waals surface area contributed by atoms with Gasteiger partial charge in [0, 0.05) is 0 Å². The number of para-hydroxylation sites is 2. The van der Waals surface area contributed by atoms with Gasteiger partial charge < -0.3 is 9.05 Å². The van der Waals surface area contributed by atoms with E-state index in [-0.39, 0.29) is 6.61 Å². The number of rotatable bonds is 20. The predicted molar refractivity (Wildman–Crippen MR) is 138 cm³/mol. The van der Waals surface area contributed by atoms with Crippen LogP contribution in [0, 0.1) is 0 Å². The minimum atomic E-state index is -4.90. The molecule has 184 valence electrons. The van der Waals surface area contributed by atoms with E-state index >= 15 is 0 Å². The summed E-state index contributed by atoms with van der Waals surface area (Å²) in [6.45, 7) is 2.06. The summed E-state index contributed by atoms with van der Waals surface area (Å²) in [7, 11) is -4.90. The first-order valence-corrected chi connectivity index (χ1v) is 13.6. The van der Waals surface area contributed by atoms with Crippen LogP contribution in [0.25, 0.3) is 0 Å². The Bertz CT molecular complexity index is 1130. The number of hydrogen-bond donors (Lipinski definition) is 0. The molecule has 0 aliphatic carbocycles. The molecule has 0 fully saturated rings. The van der Waals surface area contributed by atoms with Crippen molar-refractivity contribution in [3.8, 4) is 11.5 Å². The number of unbranched alkanes of at least 4 members (excludes halogenated alkanes) is 13. The van der Waals surface area contributed by atoms with E-state index in [0.29, 0.717) is 6.42 Å². The third-order valence-corrected chi connectivity index (χ3v) is 6.42. The van der Waals surface area contributed by atoms with Gasteiger partial charge in [0.2, 0.25) is 0 Å². The molecule has 33 heavy (non-hydrogen) atoms. The van der Waals surface area contributed by atoms with E-state index in [0.717, 1.165) is 25.7 Å². The summed E-state index contributed by atoms with van der Waals surface area (Å²) in [5.74, 6) is -1.61. The van der Waals surface area contributed by atoms with E-state index in [1.165, 1.54) is 57.8 Å². The van der Waals surface area contributed by atoms with E-state index in [4.69, 9.17) is 27.3 Å². The first-order chi connectivity index (χ1) is 20.4. The van der Waals surface area contributed by atoms with E-state index < -0.39 is 79.7 Å². The molecule has 0 saturated heterocycles. The molecule has 0 aliphatic rings. The van der Waals surface area contributed by atoms with Crippen molar-refractivity contribution in [3.05, 3.63) is 60.4 Å². The van der Waals surface area contributed by atoms with Crippen LogP contribution < -0.4 is 9.05 Å². The maximum absolute atomic E-state index is 13.8. The Balaban J connectivity index is 2.01. The first-order valence-electron chi connectivity index (χ1n) is 17.1.